The summed E-state index contributed by atoms with van der Waals surface area (Å²) in [5.41, 5.74) is 11.0. The van der Waals surface area contributed by atoms with Gasteiger partial charge in [0.2, 0.25) is 0 Å². The number of benzene rings is 1. The first-order chi connectivity index (χ1) is 17.1. The largest absolute Gasteiger partial charge is 0.491 e. The highest BCUT2D eigenvalue weighted by molar-refractivity contribution is 5.82. The van der Waals surface area contributed by atoms with Crippen LogP contribution in [-0.2, 0) is 6.54 Å². The number of aryl methyl sites for hydroxylation is 1. The van der Waals surface area contributed by atoms with Crippen LogP contribution in [0.4, 0.5) is 10.1 Å². The highest BCUT2D eigenvalue weighted by atomic mass is 19.1. The maximum atomic E-state index is 14.1. The minimum absolute atomic E-state index is 0.298. The molecular formula is C26H24FN7O. The van der Waals surface area contributed by atoms with Gasteiger partial charge in [-0.15, -0.1) is 0 Å². The lowest BCUT2D eigenvalue weighted by atomic mass is 10.1. The third kappa shape index (κ3) is 4.95. The predicted octanol–water partition coefficient (Wildman–Crippen LogP) is 4.48. The van der Waals surface area contributed by atoms with Gasteiger partial charge in [-0.25, -0.2) is 14.4 Å². The average Bonchev–Trinajstić information content (AvgIpc) is 3.31. The highest BCUT2D eigenvalue weighted by Gasteiger charge is 2.17. The van der Waals surface area contributed by atoms with Crippen LogP contribution in [0.2, 0.25) is 0 Å². The van der Waals surface area contributed by atoms with Gasteiger partial charge in [0.15, 0.2) is 0 Å². The van der Waals surface area contributed by atoms with Crippen molar-refractivity contribution in [3.8, 4) is 28.5 Å². The lowest BCUT2D eigenvalue weighted by molar-refractivity contribution is 0.327. The van der Waals surface area contributed by atoms with E-state index < -0.39 is 0 Å². The normalized spacial score (nSPS) is 11.1. The number of H-pyrrole nitrogens is 1. The standard InChI is InChI=1S/C26H24FN7O/c1-16-5-4-8-21(31-16)25-26(34-24(33-25)15-30-19-7-3-2-6-18(19)27)22-10-9-20-23(32-22)13-17(14-29-20)35-12-11-28/h2-10,13-14,30H,11-12,15,28H2,1H3,(H,33,34). The molecule has 0 atom stereocenters. The number of fused-ring (bicyclic) bond motifs is 1. The van der Waals surface area contributed by atoms with Gasteiger partial charge in [0, 0.05) is 18.3 Å². The zero-order valence-electron chi connectivity index (χ0n) is 19.1. The summed E-state index contributed by atoms with van der Waals surface area (Å²) in [6.07, 6.45) is 1.66. The fourth-order valence-electron chi connectivity index (χ4n) is 3.72. The van der Waals surface area contributed by atoms with Gasteiger partial charge >= 0.3 is 0 Å². The summed E-state index contributed by atoms with van der Waals surface area (Å²) in [4.78, 5) is 22.0. The molecule has 0 bridgehead atoms. The van der Waals surface area contributed by atoms with Gasteiger partial charge < -0.3 is 20.8 Å². The van der Waals surface area contributed by atoms with E-state index in [-0.39, 0.29) is 5.82 Å². The van der Waals surface area contributed by atoms with Crippen molar-refractivity contribution in [3.05, 3.63) is 84.2 Å². The molecule has 0 aliphatic rings. The molecule has 1 aromatic carbocycles. The predicted molar refractivity (Wildman–Crippen MR) is 133 cm³/mol. The molecule has 4 N–H and O–H groups in total. The molecule has 0 fully saturated rings. The zero-order valence-corrected chi connectivity index (χ0v) is 19.1. The van der Waals surface area contributed by atoms with Crippen LogP contribution in [0.1, 0.15) is 11.5 Å². The van der Waals surface area contributed by atoms with Crippen LogP contribution in [0.3, 0.4) is 0 Å². The third-order valence-electron chi connectivity index (χ3n) is 5.36. The molecule has 5 rings (SSSR count). The summed E-state index contributed by atoms with van der Waals surface area (Å²) in [5, 5.41) is 3.09. The number of pyridine rings is 3. The molecule has 176 valence electrons. The number of hydrogen-bond acceptors (Lipinski definition) is 7. The van der Waals surface area contributed by atoms with E-state index in [1.807, 2.05) is 43.3 Å². The van der Waals surface area contributed by atoms with Crippen molar-refractivity contribution >= 4 is 16.7 Å². The number of nitrogens with zero attached hydrogens (tertiary/aromatic N) is 4. The van der Waals surface area contributed by atoms with Gasteiger partial charge in [0.25, 0.3) is 0 Å². The van der Waals surface area contributed by atoms with E-state index in [0.29, 0.717) is 65.3 Å². The molecule has 4 heterocycles. The first-order valence-electron chi connectivity index (χ1n) is 11.2. The lowest BCUT2D eigenvalue weighted by Gasteiger charge is -2.07. The first-order valence-corrected chi connectivity index (χ1v) is 11.2. The summed E-state index contributed by atoms with van der Waals surface area (Å²) in [6.45, 7) is 3.04. The van der Waals surface area contributed by atoms with Crippen LogP contribution < -0.4 is 15.8 Å². The van der Waals surface area contributed by atoms with Crippen LogP contribution in [0, 0.1) is 12.7 Å². The van der Waals surface area contributed by atoms with Crippen molar-refractivity contribution in [2.24, 2.45) is 5.73 Å². The van der Waals surface area contributed by atoms with Crippen LogP contribution >= 0.6 is 0 Å². The van der Waals surface area contributed by atoms with Crippen molar-refractivity contribution in [2.45, 2.75) is 13.5 Å². The second kappa shape index (κ2) is 9.86. The van der Waals surface area contributed by atoms with E-state index in [0.717, 1.165) is 11.2 Å². The zero-order chi connectivity index (χ0) is 24.2. The van der Waals surface area contributed by atoms with Gasteiger partial charge in [0.05, 0.1) is 46.5 Å². The summed E-state index contributed by atoms with van der Waals surface area (Å²) in [6, 6.07) is 17.9. The van der Waals surface area contributed by atoms with Crippen LogP contribution in [0.15, 0.2) is 66.9 Å². The maximum Gasteiger partial charge on any atom is 0.146 e. The highest BCUT2D eigenvalue weighted by Crippen LogP contribution is 2.30. The fraction of sp³-hybridized carbons (Fsp3) is 0.154. The van der Waals surface area contributed by atoms with Gasteiger partial charge in [-0.3, -0.25) is 9.97 Å². The van der Waals surface area contributed by atoms with Gasteiger partial charge in [0.1, 0.15) is 29.7 Å². The number of para-hydroxylation sites is 1. The van der Waals surface area contributed by atoms with Crippen molar-refractivity contribution in [2.75, 3.05) is 18.5 Å². The summed E-state index contributed by atoms with van der Waals surface area (Å²) >= 11 is 0. The number of hydrogen-bond donors (Lipinski definition) is 3. The number of halogens is 1. The molecule has 0 aliphatic heterocycles. The maximum absolute atomic E-state index is 14.1. The van der Waals surface area contributed by atoms with E-state index in [4.69, 9.17) is 20.4 Å². The Labute approximate surface area is 201 Å². The van der Waals surface area contributed by atoms with E-state index in [1.54, 1.807) is 24.4 Å². The topological polar surface area (TPSA) is 115 Å². The fourth-order valence-corrected chi connectivity index (χ4v) is 3.72. The van der Waals surface area contributed by atoms with Crippen LogP contribution in [0.5, 0.6) is 5.75 Å². The Morgan fingerprint density at radius 2 is 1.86 bits per heavy atom. The lowest BCUT2D eigenvalue weighted by Crippen LogP contribution is -2.10. The van der Waals surface area contributed by atoms with Crippen LogP contribution in [0.25, 0.3) is 33.8 Å². The number of aromatic nitrogens is 5. The van der Waals surface area contributed by atoms with Crippen molar-refractivity contribution in [1.82, 2.24) is 24.9 Å². The number of imidazole rings is 1. The minimum atomic E-state index is -0.323. The van der Waals surface area contributed by atoms with Crippen molar-refractivity contribution in [3.63, 3.8) is 0 Å². The Bertz CT molecular complexity index is 1480. The molecule has 0 saturated heterocycles. The second-order valence-corrected chi connectivity index (χ2v) is 7.95. The molecular weight excluding hydrogens is 445 g/mol. The number of anilines is 1. The Hall–Kier alpha value is -4.37. The van der Waals surface area contributed by atoms with E-state index in [9.17, 15) is 4.39 Å². The number of ether oxygens (including phenoxy) is 1. The molecule has 0 aliphatic carbocycles. The van der Waals surface area contributed by atoms with Crippen LogP contribution in [-0.4, -0.2) is 38.1 Å². The monoisotopic (exact) mass is 469 g/mol. The Morgan fingerprint density at radius 3 is 2.69 bits per heavy atom. The number of nitrogens with two attached hydrogens (primary N) is 1. The number of aromatic amines is 1. The van der Waals surface area contributed by atoms with Gasteiger partial charge in [-0.05, 0) is 43.3 Å². The molecule has 9 heteroatoms. The van der Waals surface area contributed by atoms with Crippen molar-refractivity contribution in [1.29, 1.82) is 0 Å². The SMILES string of the molecule is Cc1cccc(-c2nc(CNc3ccccc3F)[nH]c2-c2ccc3ncc(OCCN)cc3n2)n1. The van der Waals surface area contributed by atoms with Crippen molar-refractivity contribution < 1.29 is 9.13 Å². The Morgan fingerprint density at radius 1 is 0.971 bits per heavy atom. The number of nitrogens with one attached hydrogen (secondary N) is 2. The summed E-state index contributed by atoms with van der Waals surface area (Å²) in [5.74, 6) is 0.908. The summed E-state index contributed by atoms with van der Waals surface area (Å²) < 4.78 is 19.7. The first kappa shape index (κ1) is 22.4. The molecule has 0 saturated carbocycles. The molecule has 5 aromatic rings. The molecule has 8 nitrogen and oxygen atoms in total. The summed E-state index contributed by atoms with van der Waals surface area (Å²) in [7, 11) is 0. The van der Waals surface area contributed by atoms with E-state index in [1.165, 1.54) is 6.07 Å². The molecule has 0 unspecified atom stereocenters. The molecule has 35 heavy (non-hydrogen) atoms. The number of rotatable bonds is 8. The third-order valence-corrected chi connectivity index (χ3v) is 5.36. The van der Waals surface area contributed by atoms with E-state index in [2.05, 4.69) is 20.3 Å². The molecule has 0 amide bonds. The molecule has 0 radical (unpaired) electrons. The molecule has 0 spiro atoms. The second-order valence-electron chi connectivity index (χ2n) is 7.95. The molecule has 4 aromatic heterocycles. The average molecular weight is 470 g/mol. The Balaban J connectivity index is 1.54. The van der Waals surface area contributed by atoms with Gasteiger partial charge in [-0.2, -0.15) is 0 Å². The quantitative estimate of drug-likeness (QED) is 0.307. The van der Waals surface area contributed by atoms with Gasteiger partial charge in [-0.1, -0.05) is 18.2 Å². The minimum Gasteiger partial charge on any atom is -0.491 e. The Kier molecular flexibility index (Phi) is 6.32. The van der Waals surface area contributed by atoms with E-state index >= 15 is 0 Å². The smallest absolute Gasteiger partial charge is 0.146 e.